The molecular weight excluding hydrogens is 506 g/mol. The second-order valence-corrected chi connectivity index (χ2v) is 10.1. The minimum atomic E-state index is -0.772. The molecule has 0 saturated carbocycles. The number of allylic oxidation sites excluding steroid dienone is 2. The van der Waals surface area contributed by atoms with Crippen LogP contribution in [0.2, 0.25) is 0 Å². The van der Waals surface area contributed by atoms with Crippen molar-refractivity contribution < 1.29 is 28.5 Å². The number of rotatable bonds is 8. The van der Waals surface area contributed by atoms with E-state index in [0.29, 0.717) is 41.3 Å². The predicted molar refractivity (Wildman–Crippen MR) is 152 cm³/mol. The van der Waals surface area contributed by atoms with Crippen LogP contribution in [-0.2, 0) is 20.9 Å². The van der Waals surface area contributed by atoms with E-state index in [2.05, 4.69) is 0 Å². The third kappa shape index (κ3) is 5.37. The zero-order chi connectivity index (χ0) is 28.2. The van der Waals surface area contributed by atoms with Gasteiger partial charge in [-0.1, -0.05) is 48.5 Å². The van der Waals surface area contributed by atoms with E-state index >= 15 is 0 Å². The molecule has 0 bridgehead atoms. The summed E-state index contributed by atoms with van der Waals surface area (Å²) in [5.74, 6) is 0.0824. The number of ether oxygens (including phenoxy) is 4. The lowest BCUT2D eigenvalue weighted by atomic mass is 9.69. The molecule has 0 saturated heterocycles. The largest absolute Gasteiger partial charge is 0.497 e. The maximum absolute atomic E-state index is 13.9. The van der Waals surface area contributed by atoms with E-state index in [4.69, 9.17) is 23.9 Å². The zero-order valence-corrected chi connectivity index (χ0v) is 23.2. The van der Waals surface area contributed by atoms with E-state index in [-0.39, 0.29) is 18.3 Å². The van der Waals surface area contributed by atoms with Gasteiger partial charge in [-0.15, -0.1) is 0 Å². The lowest BCUT2D eigenvalue weighted by molar-refractivity contribution is -0.148. The van der Waals surface area contributed by atoms with Crippen molar-refractivity contribution in [3.8, 4) is 17.2 Å². The molecule has 2 aliphatic rings. The van der Waals surface area contributed by atoms with Crippen molar-refractivity contribution in [3.63, 3.8) is 0 Å². The fraction of sp³-hybridized carbons (Fsp3) is 0.303. The molecule has 3 aromatic carbocycles. The highest BCUT2D eigenvalue weighted by atomic mass is 16.5. The number of ketones is 1. The summed E-state index contributed by atoms with van der Waals surface area (Å²) in [5.41, 5.74) is 4.54. The van der Waals surface area contributed by atoms with Gasteiger partial charge in [0.25, 0.3) is 0 Å². The van der Waals surface area contributed by atoms with Gasteiger partial charge >= 0.3 is 5.97 Å². The van der Waals surface area contributed by atoms with Crippen molar-refractivity contribution in [3.05, 3.63) is 101 Å². The highest BCUT2D eigenvalue weighted by Gasteiger charge is 2.45. The van der Waals surface area contributed by atoms with Crippen LogP contribution in [0.3, 0.4) is 0 Å². The van der Waals surface area contributed by atoms with Gasteiger partial charge in [-0.25, -0.2) is 0 Å². The Morgan fingerprint density at radius 2 is 1.57 bits per heavy atom. The summed E-state index contributed by atoms with van der Waals surface area (Å²) in [6, 6.07) is 22.8. The van der Waals surface area contributed by atoms with Crippen LogP contribution in [0.4, 0.5) is 0 Å². The van der Waals surface area contributed by atoms with Crippen LogP contribution in [0.15, 0.2) is 89.1 Å². The fourth-order valence-corrected chi connectivity index (χ4v) is 5.71. The molecule has 1 heterocycles. The third-order valence-electron chi connectivity index (χ3n) is 7.73. The van der Waals surface area contributed by atoms with Crippen LogP contribution < -0.4 is 14.2 Å². The number of carbonyl (C=O) groups is 2. The molecule has 1 aliphatic heterocycles. The number of carbonyl (C=O) groups excluding carboxylic acids is 2. The number of benzene rings is 3. The molecule has 1 unspecified atom stereocenters. The number of hydrogen-bond donors (Lipinski definition) is 0. The Kier molecular flexibility index (Phi) is 8.01. The summed E-state index contributed by atoms with van der Waals surface area (Å²) in [7, 11) is 4.79. The smallest absolute Gasteiger partial charge is 0.315 e. The molecular formula is C33H33NO6. The summed E-state index contributed by atoms with van der Waals surface area (Å²) in [6.07, 6.45) is 0.909. The summed E-state index contributed by atoms with van der Waals surface area (Å²) in [5, 5.41) is 0. The molecule has 0 aromatic heterocycles. The normalized spacial score (nSPS) is 20.4. The minimum Gasteiger partial charge on any atom is -0.497 e. The minimum absolute atomic E-state index is 0.0197. The SMILES string of the molecule is COc1ccc([C@@H]2CC(=O)C3=C(C2)N=C(C)C(C(=O)OCc2ccccc2)[C@H]3c2ccc(OC)cc2OC)cc1. The van der Waals surface area contributed by atoms with Crippen molar-refractivity contribution in [2.75, 3.05) is 21.3 Å². The van der Waals surface area contributed by atoms with Crippen LogP contribution in [-0.4, -0.2) is 38.8 Å². The van der Waals surface area contributed by atoms with Gasteiger partial charge in [-0.05, 0) is 48.6 Å². The Hall–Kier alpha value is -4.39. The molecule has 0 amide bonds. The van der Waals surface area contributed by atoms with E-state index in [1.54, 1.807) is 27.4 Å². The number of methoxy groups -OCH3 is 3. The van der Waals surface area contributed by atoms with Crippen molar-refractivity contribution in [1.29, 1.82) is 0 Å². The van der Waals surface area contributed by atoms with Gasteiger partial charge in [0, 0.05) is 41.0 Å². The molecule has 1 aliphatic carbocycles. The third-order valence-corrected chi connectivity index (χ3v) is 7.73. The number of Topliss-reactive ketones (excluding diaryl/α,β-unsaturated/α-hetero) is 1. The first-order valence-electron chi connectivity index (χ1n) is 13.3. The van der Waals surface area contributed by atoms with Crippen LogP contribution in [0.5, 0.6) is 17.2 Å². The maximum Gasteiger partial charge on any atom is 0.315 e. The van der Waals surface area contributed by atoms with Gasteiger partial charge < -0.3 is 18.9 Å². The standard InChI is InChI=1S/C33H33NO6/c1-20-30(33(36)40-19-21-8-6-5-7-9-21)31(26-15-14-25(38-3)18-29(26)39-4)32-27(34-20)16-23(17-28(32)35)22-10-12-24(37-2)13-11-22/h5-15,18,23,30-31H,16-17,19H2,1-4H3/t23-,30?,31+/m0/s1. The second-order valence-electron chi connectivity index (χ2n) is 10.1. The van der Waals surface area contributed by atoms with Crippen molar-refractivity contribution in [2.45, 2.75) is 38.2 Å². The highest BCUT2D eigenvalue weighted by Crippen LogP contribution is 2.49. The molecule has 0 radical (unpaired) electrons. The summed E-state index contributed by atoms with van der Waals surface area (Å²) in [4.78, 5) is 32.5. The topological polar surface area (TPSA) is 83.4 Å². The average Bonchev–Trinajstić information content (AvgIpc) is 2.99. The van der Waals surface area contributed by atoms with E-state index in [1.165, 1.54) is 0 Å². The summed E-state index contributed by atoms with van der Waals surface area (Å²) >= 11 is 0. The fourth-order valence-electron chi connectivity index (χ4n) is 5.71. The van der Waals surface area contributed by atoms with Crippen molar-refractivity contribution in [2.24, 2.45) is 10.9 Å². The Balaban J connectivity index is 1.55. The number of hydrogen-bond acceptors (Lipinski definition) is 7. The molecule has 7 heteroatoms. The van der Waals surface area contributed by atoms with Crippen LogP contribution in [0, 0.1) is 5.92 Å². The second kappa shape index (κ2) is 11.8. The molecule has 0 N–H and O–H groups in total. The van der Waals surface area contributed by atoms with E-state index in [9.17, 15) is 9.59 Å². The van der Waals surface area contributed by atoms with Crippen LogP contribution in [0.1, 0.15) is 48.3 Å². The maximum atomic E-state index is 13.9. The molecule has 0 fully saturated rings. The van der Waals surface area contributed by atoms with Gasteiger partial charge in [-0.2, -0.15) is 0 Å². The van der Waals surface area contributed by atoms with E-state index in [0.717, 1.165) is 22.4 Å². The van der Waals surface area contributed by atoms with E-state index < -0.39 is 17.8 Å². The van der Waals surface area contributed by atoms with Gasteiger partial charge in [0.1, 0.15) is 29.8 Å². The first-order valence-corrected chi connectivity index (χ1v) is 13.3. The zero-order valence-electron chi connectivity index (χ0n) is 23.2. The Morgan fingerprint density at radius 1 is 0.875 bits per heavy atom. The monoisotopic (exact) mass is 539 g/mol. The molecule has 40 heavy (non-hydrogen) atoms. The number of esters is 1. The average molecular weight is 540 g/mol. The van der Waals surface area contributed by atoms with Crippen molar-refractivity contribution >= 4 is 17.5 Å². The summed E-state index contributed by atoms with van der Waals surface area (Å²) < 4.78 is 22.3. The lowest BCUT2D eigenvalue weighted by Crippen LogP contribution is -2.38. The summed E-state index contributed by atoms with van der Waals surface area (Å²) in [6.45, 7) is 1.97. The first-order chi connectivity index (χ1) is 19.4. The van der Waals surface area contributed by atoms with Gasteiger partial charge in [-0.3, -0.25) is 14.6 Å². The Labute approximate surface area is 234 Å². The first kappa shape index (κ1) is 27.2. The molecule has 206 valence electrons. The van der Waals surface area contributed by atoms with Gasteiger partial charge in [0.05, 0.1) is 21.3 Å². The molecule has 0 spiro atoms. The van der Waals surface area contributed by atoms with Crippen LogP contribution >= 0.6 is 0 Å². The van der Waals surface area contributed by atoms with E-state index in [1.807, 2.05) is 73.7 Å². The number of nitrogens with zero attached hydrogens (tertiary/aromatic N) is 1. The Bertz CT molecular complexity index is 1460. The van der Waals surface area contributed by atoms with Crippen LogP contribution in [0.25, 0.3) is 0 Å². The highest BCUT2D eigenvalue weighted by molar-refractivity contribution is 6.09. The van der Waals surface area contributed by atoms with Gasteiger partial charge in [0.2, 0.25) is 0 Å². The van der Waals surface area contributed by atoms with Crippen molar-refractivity contribution in [1.82, 2.24) is 0 Å². The number of aliphatic imine (C=N–C) groups is 1. The Morgan fingerprint density at radius 3 is 2.25 bits per heavy atom. The molecule has 3 aromatic rings. The van der Waals surface area contributed by atoms with Gasteiger partial charge in [0.15, 0.2) is 5.78 Å². The quantitative estimate of drug-likeness (QED) is 0.325. The lowest BCUT2D eigenvalue weighted by Gasteiger charge is -2.37. The molecule has 7 nitrogen and oxygen atoms in total. The molecule has 3 atom stereocenters. The predicted octanol–water partition coefficient (Wildman–Crippen LogP) is 6.03. The molecule has 5 rings (SSSR count).